The molecule has 0 saturated carbocycles. The second kappa shape index (κ2) is 9.58. The van der Waals surface area contributed by atoms with Crippen molar-refractivity contribution in [2.24, 2.45) is 0 Å². The predicted molar refractivity (Wildman–Crippen MR) is 76.4 cm³/mol. The average Bonchev–Trinajstić information content (AvgIpc) is 2.38. The fraction of sp³-hybridized carbons (Fsp3) is 0.786. The number of hydrogen-bond acceptors (Lipinski definition) is 2. The number of amides is 1. The molecule has 0 N–H and O–H groups in total. The Labute approximate surface area is 110 Å². The number of hydrogen-bond donors (Lipinski definition) is 0. The zero-order valence-corrected chi connectivity index (χ0v) is 11.8. The van der Waals surface area contributed by atoms with Crippen molar-refractivity contribution in [2.45, 2.75) is 45.4 Å². The number of thioether (sulfide) groups is 1. The van der Waals surface area contributed by atoms with E-state index in [1.54, 1.807) is 6.08 Å². The summed E-state index contributed by atoms with van der Waals surface area (Å²) in [7, 11) is 0. The molecule has 0 aromatic heterocycles. The molecule has 0 bridgehead atoms. The molecule has 1 saturated heterocycles. The van der Waals surface area contributed by atoms with E-state index in [1.165, 1.54) is 32.1 Å². The van der Waals surface area contributed by atoms with Crippen molar-refractivity contribution in [3.05, 3.63) is 12.2 Å². The molecule has 1 fully saturated rings. The number of unbranched alkanes of at least 4 members (excludes halogenated alkanes) is 5. The molecular weight excluding hydrogens is 230 g/mol. The highest BCUT2D eigenvalue weighted by Gasteiger charge is 2.13. The highest BCUT2D eigenvalue weighted by atomic mass is 32.2. The van der Waals surface area contributed by atoms with Gasteiger partial charge in [0.2, 0.25) is 5.91 Å². The third-order valence-electron chi connectivity index (χ3n) is 3.06. The molecule has 0 aromatic carbocycles. The summed E-state index contributed by atoms with van der Waals surface area (Å²) < 4.78 is 0. The second-order valence-corrected chi connectivity index (χ2v) is 5.77. The van der Waals surface area contributed by atoms with Crippen molar-refractivity contribution in [1.29, 1.82) is 0 Å². The van der Waals surface area contributed by atoms with E-state index in [4.69, 9.17) is 0 Å². The molecule has 1 rings (SSSR count). The largest absolute Gasteiger partial charge is 0.338 e. The summed E-state index contributed by atoms with van der Waals surface area (Å²) in [6.07, 6.45) is 11.4. The van der Waals surface area contributed by atoms with Crippen LogP contribution >= 0.6 is 11.8 Å². The Hall–Kier alpha value is -0.440. The monoisotopic (exact) mass is 255 g/mol. The highest BCUT2D eigenvalue weighted by Crippen LogP contribution is 2.10. The van der Waals surface area contributed by atoms with E-state index < -0.39 is 0 Å². The van der Waals surface area contributed by atoms with Gasteiger partial charge in [-0.2, -0.15) is 11.8 Å². The zero-order valence-electron chi connectivity index (χ0n) is 11.0. The van der Waals surface area contributed by atoms with Gasteiger partial charge in [0.25, 0.3) is 0 Å². The highest BCUT2D eigenvalue weighted by molar-refractivity contribution is 7.99. The number of carbonyl (C=O) groups is 1. The van der Waals surface area contributed by atoms with Crippen molar-refractivity contribution >= 4 is 17.7 Å². The van der Waals surface area contributed by atoms with Crippen molar-refractivity contribution in [3.8, 4) is 0 Å². The van der Waals surface area contributed by atoms with E-state index in [9.17, 15) is 4.79 Å². The SMILES string of the molecule is CCCCCCCC=CC(=O)N1CCSCC1. The summed E-state index contributed by atoms with van der Waals surface area (Å²) >= 11 is 1.94. The van der Waals surface area contributed by atoms with E-state index in [1.807, 2.05) is 16.7 Å². The Morgan fingerprint density at radius 3 is 2.59 bits per heavy atom. The van der Waals surface area contributed by atoms with Crippen molar-refractivity contribution in [2.75, 3.05) is 24.6 Å². The van der Waals surface area contributed by atoms with Crippen LogP contribution in [0.1, 0.15) is 45.4 Å². The molecule has 0 unspecified atom stereocenters. The van der Waals surface area contributed by atoms with Gasteiger partial charge >= 0.3 is 0 Å². The summed E-state index contributed by atoms with van der Waals surface area (Å²) in [4.78, 5) is 13.7. The maximum absolute atomic E-state index is 11.8. The first-order valence-electron chi connectivity index (χ1n) is 6.87. The zero-order chi connectivity index (χ0) is 12.3. The van der Waals surface area contributed by atoms with Crippen molar-refractivity contribution < 1.29 is 4.79 Å². The molecule has 3 heteroatoms. The van der Waals surface area contributed by atoms with E-state index in [0.717, 1.165) is 31.0 Å². The molecule has 17 heavy (non-hydrogen) atoms. The maximum atomic E-state index is 11.8. The van der Waals surface area contributed by atoms with E-state index in [2.05, 4.69) is 13.0 Å². The van der Waals surface area contributed by atoms with Gasteiger partial charge in [-0.05, 0) is 18.9 Å². The van der Waals surface area contributed by atoms with Gasteiger partial charge in [-0.1, -0.05) is 38.7 Å². The number of allylic oxidation sites excluding steroid dienone is 1. The Morgan fingerprint density at radius 2 is 1.88 bits per heavy atom. The normalized spacial score (nSPS) is 16.6. The van der Waals surface area contributed by atoms with Crippen LogP contribution in [0.2, 0.25) is 0 Å². The van der Waals surface area contributed by atoms with Crippen molar-refractivity contribution in [1.82, 2.24) is 4.90 Å². The Bertz CT molecular complexity index is 234. The van der Waals surface area contributed by atoms with Crippen LogP contribution in [-0.2, 0) is 4.79 Å². The molecule has 2 nitrogen and oxygen atoms in total. The lowest BCUT2D eigenvalue weighted by molar-refractivity contribution is -0.125. The van der Waals surface area contributed by atoms with Crippen LogP contribution in [-0.4, -0.2) is 35.4 Å². The molecule has 1 aliphatic heterocycles. The smallest absolute Gasteiger partial charge is 0.246 e. The lowest BCUT2D eigenvalue weighted by Crippen LogP contribution is -2.36. The first-order chi connectivity index (χ1) is 8.34. The summed E-state index contributed by atoms with van der Waals surface area (Å²) in [6.45, 7) is 4.07. The van der Waals surface area contributed by atoms with Gasteiger partial charge in [0.05, 0.1) is 0 Å². The van der Waals surface area contributed by atoms with Crippen LogP contribution in [0.15, 0.2) is 12.2 Å². The van der Waals surface area contributed by atoms with Crippen molar-refractivity contribution in [3.63, 3.8) is 0 Å². The minimum absolute atomic E-state index is 0.207. The second-order valence-electron chi connectivity index (χ2n) is 4.54. The minimum atomic E-state index is 0.207. The van der Waals surface area contributed by atoms with Gasteiger partial charge in [0.1, 0.15) is 0 Å². The standard InChI is InChI=1S/C14H25NOS/c1-2-3-4-5-6-7-8-9-14(16)15-10-12-17-13-11-15/h8-9H,2-7,10-13H2,1H3. The van der Waals surface area contributed by atoms with E-state index in [0.29, 0.717) is 0 Å². The van der Waals surface area contributed by atoms with Gasteiger partial charge in [-0.15, -0.1) is 0 Å². The van der Waals surface area contributed by atoms with E-state index >= 15 is 0 Å². The Kier molecular flexibility index (Phi) is 8.24. The number of nitrogens with zero attached hydrogens (tertiary/aromatic N) is 1. The molecule has 0 aliphatic carbocycles. The molecule has 1 heterocycles. The summed E-state index contributed by atoms with van der Waals surface area (Å²) in [5.74, 6) is 2.39. The fourth-order valence-electron chi connectivity index (χ4n) is 1.94. The van der Waals surface area contributed by atoms with Gasteiger partial charge in [-0.25, -0.2) is 0 Å². The predicted octanol–water partition coefficient (Wildman–Crippen LogP) is 3.48. The summed E-state index contributed by atoms with van der Waals surface area (Å²) in [5.41, 5.74) is 0. The maximum Gasteiger partial charge on any atom is 0.246 e. The molecule has 0 aromatic rings. The quantitative estimate of drug-likeness (QED) is 0.513. The Balaban J connectivity index is 2.04. The Morgan fingerprint density at radius 1 is 1.18 bits per heavy atom. The topological polar surface area (TPSA) is 20.3 Å². The lowest BCUT2D eigenvalue weighted by atomic mass is 10.1. The molecule has 1 amide bonds. The molecule has 0 radical (unpaired) electrons. The van der Waals surface area contributed by atoms with Crippen LogP contribution in [0.4, 0.5) is 0 Å². The minimum Gasteiger partial charge on any atom is -0.338 e. The first kappa shape index (κ1) is 14.6. The molecule has 0 spiro atoms. The molecular formula is C14H25NOS. The number of carbonyl (C=O) groups excluding carboxylic acids is 1. The van der Waals surface area contributed by atoms with Crippen LogP contribution in [0.5, 0.6) is 0 Å². The third-order valence-corrected chi connectivity index (χ3v) is 4.00. The molecule has 1 aliphatic rings. The number of rotatable bonds is 7. The average molecular weight is 255 g/mol. The summed E-state index contributed by atoms with van der Waals surface area (Å²) in [6, 6.07) is 0. The van der Waals surface area contributed by atoms with Gasteiger partial charge in [0.15, 0.2) is 0 Å². The van der Waals surface area contributed by atoms with Crippen LogP contribution in [0, 0.1) is 0 Å². The molecule has 98 valence electrons. The van der Waals surface area contributed by atoms with Gasteiger partial charge in [0, 0.05) is 24.6 Å². The lowest BCUT2D eigenvalue weighted by Gasteiger charge is -2.25. The summed E-state index contributed by atoms with van der Waals surface area (Å²) in [5, 5.41) is 0. The van der Waals surface area contributed by atoms with Crippen LogP contribution in [0.25, 0.3) is 0 Å². The molecule has 0 atom stereocenters. The van der Waals surface area contributed by atoms with Gasteiger partial charge in [-0.3, -0.25) is 4.79 Å². The third kappa shape index (κ3) is 6.77. The van der Waals surface area contributed by atoms with Crippen LogP contribution < -0.4 is 0 Å². The van der Waals surface area contributed by atoms with Gasteiger partial charge < -0.3 is 4.90 Å². The fourth-order valence-corrected chi connectivity index (χ4v) is 2.84. The van der Waals surface area contributed by atoms with Crippen LogP contribution in [0.3, 0.4) is 0 Å². The van der Waals surface area contributed by atoms with E-state index in [-0.39, 0.29) is 5.91 Å². The first-order valence-corrected chi connectivity index (χ1v) is 8.03.